The number of benzene rings is 2. The molecule has 0 saturated heterocycles. The Morgan fingerprint density at radius 3 is 2.55 bits per heavy atom. The number of anilines is 1. The van der Waals surface area contributed by atoms with Crippen LogP contribution in [0.15, 0.2) is 70.7 Å². The average Bonchev–Trinajstić information content (AvgIpc) is 3.22. The van der Waals surface area contributed by atoms with Crippen molar-refractivity contribution in [2.75, 3.05) is 4.72 Å². The van der Waals surface area contributed by atoms with Gasteiger partial charge in [-0.15, -0.1) is 11.3 Å². The van der Waals surface area contributed by atoms with Crippen LogP contribution < -0.4 is 10.1 Å². The second-order valence-electron chi connectivity index (χ2n) is 7.40. The highest BCUT2D eigenvalue weighted by Gasteiger charge is 2.17. The molecule has 2 aromatic carbocycles. The maximum absolute atomic E-state index is 12.5. The van der Waals surface area contributed by atoms with Gasteiger partial charge in [-0.2, -0.15) is 5.10 Å². The van der Waals surface area contributed by atoms with E-state index in [0.29, 0.717) is 21.8 Å². The highest BCUT2D eigenvalue weighted by Crippen LogP contribution is 2.29. The summed E-state index contributed by atoms with van der Waals surface area (Å²) in [6.45, 7) is 1.77. The van der Waals surface area contributed by atoms with Crippen molar-refractivity contribution in [1.82, 2.24) is 5.43 Å². The summed E-state index contributed by atoms with van der Waals surface area (Å²) < 4.78 is 27.7. The van der Waals surface area contributed by atoms with Crippen LogP contribution in [-0.2, 0) is 22.9 Å². The number of carbonyl (C=O) groups excluding carboxylic acids is 1. The van der Waals surface area contributed by atoms with E-state index in [1.54, 1.807) is 43.3 Å². The number of carbonyl (C=O) groups is 1. The molecule has 0 aliphatic heterocycles. The minimum atomic E-state index is -3.68. The Morgan fingerprint density at radius 2 is 1.77 bits per heavy atom. The summed E-state index contributed by atoms with van der Waals surface area (Å²) in [6, 6.07) is 17.1. The number of hydrogen-bond acceptors (Lipinski definition) is 5. The van der Waals surface area contributed by atoms with Crippen LogP contribution >= 0.6 is 11.3 Å². The molecular weight excluding hydrogens is 430 g/mol. The molecule has 1 heterocycles. The lowest BCUT2D eigenvalue weighted by atomic mass is 9.99. The molecule has 0 bridgehead atoms. The van der Waals surface area contributed by atoms with Gasteiger partial charge in [-0.3, -0.25) is 9.52 Å². The maximum atomic E-state index is 12.5. The highest BCUT2D eigenvalue weighted by molar-refractivity contribution is 7.92. The average molecular weight is 454 g/mol. The Hall–Kier alpha value is -2.97. The van der Waals surface area contributed by atoms with Crippen LogP contribution in [0.2, 0.25) is 0 Å². The van der Waals surface area contributed by atoms with Crippen molar-refractivity contribution in [3.05, 3.63) is 81.5 Å². The van der Waals surface area contributed by atoms with Crippen molar-refractivity contribution in [3.8, 4) is 0 Å². The second kappa shape index (κ2) is 9.03. The van der Waals surface area contributed by atoms with Crippen LogP contribution in [0.4, 0.5) is 5.69 Å². The summed E-state index contributed by atoms with van der Waals surface area (Å²) in [4.78, 5) is 14.7. The van der Waals surface area contributed by atoms with Gasteiger partial charge < -0.3 is 0 Å². The van der Waals surface area contributed by atoms with Crippen molar-refractivity contribution in [2.45, 2.75) is 37.5 Å². The Balaban J connectivity index is 1.46. The fourth-order valence-corrected chi connectivity index (χ4v) is 5.69. The van der Waals surface area contributed by atoms with Gasteiger partial charge in [-0.05, 0) is 74.1 Å². The molecule has 1 aromatic heterocycles. The molecule has 6 nitrogen and oxygen atoms in total. The van der Waals surface area contributed by atoms with Gasteiger partial charge in [0.25, 0.3) is 15.9 Å². The zero-order chi connectivity index (χ0) is 21.8. The van der Waals surface area contributed by atoms with Crippen molar-refractivity contribution < 1.29 is 13.2 Å². The Labute approximate surface area is 186 Å². The van der Waals surface area contributed by atoms with E-state index in [1.807, 2.05) is 12.1 Å². The number of nitrogens with one attached hydrogen (secondary N) is 2. The summed E-state index contributed by atoms with van der Waals surface area (Å²) >= 11 is 1.54. The number of fused-ring (bicyclic) bond motifs is 1. The molecule has 0 saturated carbocycles. The molecule has 0 spiro atoms. The molecule has 0 unspecified atom stereocenters. The normalized spacial score (nSPS) is 14.0. The van der Waals surface area contributed by atoms with E-state index >= 15 is 0 Å². The fourth-order valence-electron chi connectivity index (χ4n) is 3.48. The van der Waals surface area contributed by atoms with E-state index in [9.17, 15) is 13.2 Å². The highest BCUT2D eigenvalue weighted by atomic mass is 32.2. The van der Waals surface area contributed by atoms with Gasteiger partial charge in [-0.1, -0.05) is 30.3 Å². The summed E-state index contributed by atoms with van der Waals surface area (Å²) in [5.74, 6) is -0.223. The number of hydrogen-bond donors (Lipinski definition) is 2. The largest absolute Gasteiger partial charge is 0.281 e. The smallest absolute Gasteiger partial charge is 0.280 e. The lowest BCUT2D eigenvalue weighted by Gasteiger charge is -2.09. The molecule has 1 amide bonds. The minimum Gasteiger partial charge on any atom is -0.280 e. The quantitative estimate of drug-likeness (QED) is 0.423. The zero-order valence-corrected chi connectivity index (χ0v) is 18.7. The van der Waals surface area contributed by atoms with E-state index in [4.69, 9.17) is 0 Å². The first-order chi connectivity index (χ1) is 14.9. The molecule has 0 atom stereocenters. The first-order valence-corrected chi connectivity index (χ1v) is 12.4. The zero-order valence-electron chi connectivity index (χ0n) is 17.1. The topological polar surface area (TPSA) is 87.6 Å². The molecule has 160 valence electrons. The predicted octanol–water partition coefficient (Wildman–Crippen LogP) is 4.58. The fraction of sp³-hybridized carbons (Fsp3) is 0.217. The second-order valence-corrected chi connectivity index (χ2v) is 10.2. The first-order valence-electron chi connectivity index (χ1n) is 10.1. The summed E-state index contributed by atoms with van der Waals surface area (Å²) in [7, 11) is -3.68. The molecule has 31 heavy (non-hydrogen) atoms. The van der Waals surface area contributed by atoms with Crippen LogP contribution in [0.5, 0.6) is 0 Å². The molecule has 1 aliphatic rings. The Morgan fingerprint density at radius 1 is 1.00 bits per heavy atom. The number of sulfonamides is 1. The number of aryl methyl sites for hydroxylation is 2. The molecule has 0 radical (unpaired) electrons. The van der Waals surface area contributed by atoms with Gasteiger partial charge >= 0.3 is 0 Å². The van der Waals surface area contributed by atoms with Gasteiger partial charge in [0.15, 0.2) is 0 Å². The Bertz CT molecular complexity index is 1210. The van der Waals surface area contributed by atoms with E-state index in [0.717, 1.165) is 12.8 Å². The first kappa shape index (κ1) is 21.3. The lowest BCUT2D eigenvalue weighted by molar-refractivity contribution is 0.0959. The van der Waals surface area contributed by atoms with Crippen LogP contribution in [0, 0.1) is 0 Å². The van der Waals surface area contributed by atoms with E-state index in [1.165, 1.54) is 46.8 Å². The Kier molecular flexibility index (Phi) is 6.20. The van der Waals surface area contributed by atoms with Gasteiger partial charge in [0.05, 0.1) is 15.5 Å². The van der Waals surface area contributed by atoms with Crippen LogP contribution in [0.1, 0.15) is 45.4 Å². The van der Waals surface area contributed by atoms with Crippen molar-refractivity contribution in [3.63, 3.8) is 0 Å². The van der Waals surface area contributed by atoms with Crippen molar-refractivity contribution in [2.24, 2.45) is 5.10 Å². The van der Waals surface area contributed by atoms with Gasteiger partial charge in [0.1, 0.15) is 0 Å². The molecule has 8 heteroatoms. The van der Waals surface area contributed by atoms with Crippen molar-refractivity contribution >= 4 is 38.7 Å². The molecule has 4 rings (SSSR count). The van der Waals surface area contributed by atoms with Crippen LogP contribution in [0.3, 0.4) is 0 Å². The summed E-state index contributed by atoms with van der Waals surface area (Å²) in [5, 5.41) is 4.22. The number of amides is 1. The van der Waals surface area contributed by atoms with Gasteiger partial charge in [0.2, 0.25) is 0 Å². The van der Waals surface area contributed by atoms with Crippen LogP contribution in [-0.4, -0.2) is 20.0 Å². The third-order valence-corrected chi connectivity index (χ3v) is 7.76. The third-order valence-electron chi connectivity index (χ3n) is 5.13. The molecule has 3 aromatic rings. The number of thiophene rings is 1. The third kappa shape index (κ3) is 5.03. The van der Waals surface area contributed by atoms with Gasteiger partial charge in [0, 0.05) is 10.6 Å². The van der Waals surface area contributed by atoms with Gasteiger partial charge in [-0.25, -0.2) is 13.8 Å². The number of hydrazone groups is 1. The molecule has 0 fully saturated rings. The summed E-state index contributed by atoms with van der Waals surface area (Å²) in [5.41, 5.74) is 5.61. The molecule has 2 N–H and O–H groups in total. The van der Waals surface area contributed by atoms with E-state index < -0.39 is 10.0 Å². The number of rotatable bonds is 6. The predicted molar refractivity (Wildman–Crippen MR) is 124 cm³/mol. The lowest BCUT2D eigenvalue weighted by Crippen LogP contribution is -2.18. The molecule has 1 aliphatic carbocycles. The van der Waals surface area contributed by atoms with E-state index in [2.05, 4.69) is 15.2 Å². The molecular formula is C23H23N3O3S2. The minimum absolute atomic E-state index is 0.191. The standard InChI is InChI=1S/C23H23N3O3S2/c1-16(24-25-23(27)22-15-18-8-5-6-13-21(18)30-22)17-9-7-10-19(14-17)26-31(28,29)20-11-3-2-4-12-20/h2-4,7,9-12,14-15,26H,5-6,8,13H2,1H3,(H,25,27). The SMILES string of the molecule is CC(=NNC(=O)c1cc2c(s1)CCCC2)c1cccc(NS(=O)(=O)c2ccccc2)c1. The monoisotopic (exact) mass is 453 g/mol. The van der Waals surface area contributed by atoms with Crippen LogP contribution in [0.25, 0.3) is 0 Å². The van der Waals surface area contributed by atoms with Crippen molar-refractivity contribution in [1.29, 1.82) is 0 Å². The van der Waals surface area contributed by atoms with E-state index in [-0.39, 0.29) is 10.8 Å². The maximum Gasteiger partial charge on any atom is 0.281 e. The number of nitrogens with zero attached hydrogens (tertiary/aromatic N) is 1. The summed E-state index contributed by atoms with van der Waals surface area (Å²) in [6.07, 6.45) is 4.43.